The molecule has 3 N–H and O–H groups in total. The van der Waals surface area contributed by atoms with Crippen LogP contribution in [0.1, 0.15) is 18.4 Å². The summed E-state index contributed by atoms with van der Waals surface area (Å²) in [5, 5.41) is 14.6. The predicted molar refractivity (Wildman–Crippen MR) is 70.5 cm³/mol. The van der Waals surface area contributed by atoms with Gasteiger partial charge in [0.05, 0.1) is 0 Å². The minimum atomic E-state index is -0.567. The lowest BCUT2D eigenvalue weighted by Crippen LogP contribution is -2.47. The summed E-state index contributed by atoms with van der Waals surface area (Å²) in [4.78, 5) is 23.5. The average molecular weight is 262 g/mol. The second kappa shape index (κ2) is 5.73. The lowest BCUT2D eigenvalue weighted by molar-refractivity contribution is -0.129. The zero-order valence-corrected chi connectivity index (χ0v) is 10.8. The fraction of sp³-hybridized carbons (Fsp3) is 0.429. The van der Waals surface area contributed by atoms with Crippen LogP contribution >= 0.6 is 0 Å². The number of rotatable bonds is 5. The van der Waals surface area contributed by atoms with Crippen molar-refractivity contribution in [1.29, 1.82) is 0 Å². The fourth-order valence-corrected chi connectivity index (χ4v) is 1.89. The highest BCUT2D eigenvalue weighted by Gasteiger charge is 2.32. The highest BCUT2D eigenvalue weighted by atomic mass is 16.3. The third kappa shape index (κ3) is 3.71. The molecule has 1 aliphatic rings. The lowest BCUT2D eigenvalue weighted by atomic mass is 10.0. The molecule has 0 aromatic heterocycles. The van der Waals surface area contributed by atoms with Crippen molar-refractivity contribution in [3.63, 3.8) is 0 Å². The van der Waals surface area contributed by atoms with E-state index in [2.05, 4.69) is 10.6 Å². The molecule has 0 saturated heterocycles. The number of aromatic hydroxyl groups is 1. The SMILES string of the molecule is CNC(=O)C(Cc1ccc(O)cc1)NC(=O)C1CC1. The molecule has 2 amide bonds. The van der Waals surface area contributed by atoms with Crippen molar-refractivity contribution in [1.82, 2.24) is 10.6 Å². The van der Waals surface area contributed by atoms with Gasteiger partial charge in [0.25, 0.3) is 0 Å². The summed E-state index contributed by atoms with van der Waals surface area (Å²) < 4.78 is 0. The second-order valence-electron chi connectivity index (χ2n) is 4.82. The van der Waals surface area contributed by atoms with Gasteiger partial charge >= 0.3 is 0 Å². The zero-order chi connectivity index (χ0) is 13.8. The van der Waals surface area contributed by atoms with Crippen molar-refractivity contribution >= 4 is 11.8 Å². The Bertz CT molecular complexity index is 466. The molecule has 0 spiro atoms. The molecule has 0 bridgehead atoms. The molecule has 0 heterocycles. The van der Waals surface area contributed by atoms with Crippen molar-refractivity contribution in [2.24, 2.45) is 5.92 Å². The van der Waals surface area contributed by atoms with Crippen LogP contribution in [-0.2, 0) is 16.0 Å². The van der Waals surface area contributed by atoms with Gasteiger partial charge in [-0.15, -0.1) is 0 Å². The van der Waals surface area contributed by atoms with Crippen LogP contribution in [0.2, 0.25) is 0 Å². The normalized spacial score (nSPS) is 15.6. The maximum atomic E-state index is 11.8. The number of phenols is 1. The van der Waals surface area contributed by atoms with E-state index in [1.807, 2.05) is 0 Å². The number of hydrogen-bond acceptors (Lipinski definition) is 3. The monoisotopic (exact) mass is 262 g/mol. The van der Waals surface area contributed by atoms with Crippen LogP contribution in [0.15, 0.2) is 24.3 Å². The first-order chi connectivity index (χ1) is 9.10. The van der Waals surface area contributed by atoms with Gasteiger partial charge in [-0.3, -0.25) is 9.59 Å². The van der Waals surface area contributed by atoms with E-state index in [0.29, 0.717) is 6.42 Å². The molecular weight excluding hydrogens is 244 g/mol. The van der Waals surface area contributed by atoms with Gasteiger partial charge in [-0.25, -0.2) is 0 Å². The summed E-state index contributed by atoms with van der Waals surface area (Å²) in [6.07, 6.45) is 2.23. The van der Waals surface area contributed by atoms with E-state index in [4.69, 9.17) is 0 Å². The van der Waals surface area contributed by atoms with Gasteiger partial charge in [0.15, 0.2) is 0 Å². The summed E-state index contributed by atoms with van der Waals surface area (Å²) in [5.41, 5.74) is 0.891. The molecule has 1 aromatic rings. The van der Waals surface area contributed by atoms with Crippen LogP contribution in [0, 0.1) is 5.92 Å². The Morgan fingerprint density at radius 2 is 1.95 bits per heavy atom. The Morgan fingerprint density at radius 3 is 2.47 bits per heavy atom. The Hall–Kier alpha value is -2.04. The third-order valence-electron chi connectivity index (χ3n) is 3.20. The number of carbonyl (C=O) groups is 2. The van der Waals surface area contributed by atoms with Crippen LogP contribution < -0.4 is 10.6 Å². The van der Waals surface area contributed by atoms with Crippen LogP contribution in [0.3, 0.4) is 0 Å². The number of phenolic OH excluding ortho intramolecular Hbond substituents is 1. The molecule has 0 aliphatic heterocycles. The molecule has 1 fully saturated rings. The molecule has 1 unspecified atom stereocenters. The minimum Gasteiger partial charge on any atom is -0.508 e. The second-order valence-corrected chi connectivity index (χ2v) is 4.82. The topological polar surface area (TPSA) is 78.4 Å². The number of hydrogen-bond donors (Lipinski definition) is 3. The molecule has 1 aliphatic carbocycles. The number of likely N-dealkylation sites (N-methyl/N-ethyl adjacent to an activating group) is 1. The van der Waals surface area contributed by atoms with Crippen molar-refractivity contribution in [3.8, 4) is 5.75 Å². The van der Waals surface area contributed by atoms with Crippen LogP contribution in [0.4, 0.5) is 0 Å². The molecule has 5 nitrogen and oxygen atoms in total. The minimum absolute atomic E-state index is 0.0487. The standard InChI is InChI=1S/C14H18N2O3/c1-15-14(19)12(16-13(18)10-4-5-10)8-9-2-6-11(17)7-3-9/h2-3,6-7,10,12,17H,4-5,8H2,1H3,(H,15,19)(H,16,18). The highest BCUT2D eigenvalue weighted by molar-refractivity contribution is 5.89. The Morgan fingerprint density at radius 1 is 1.32 bits per heavy atom. The van der Waals surface area contributed by atoms with Crippen molar-refractivity contribution < 1.29 is 14.7 Å². The van der Waals surface area contributed by atoms with Gasteiger partial charge in [-0.1, -0.05) is 12.1 Å². The number of carbonyl (C=O) groups excluding carboxylic acids is 2. The molecule has 102 valence electrons. The van der Waals surface area contributed by atoms with E-state index in [-0.39, 0.29) is 23.5 Å². The maximum absolute atomic E-state index is 11.8. The molecule has 1 saturated carbocycles. The van der Waals surface area contributed by atoms with E-state index < -0.39 is 6.04 Å². The van der Waals surface area contributed by atoms with Gasteiger partial charge in [0, 0.05) is 19.4 Å². The van der Waals surface area contributed by atoms with E-state index >= 15 is 0 Å². The van der Waals surface area contributed by atoms with Crippen LogP contribution in [-0.4, -0.2) is 30.0 Å². The summed E-state index contributed by atoms with van der Waals surface area (Å²) >= 11 is 0. The fourth-order valence-electron chi connectivity index (χ4n) is 1.89. The van der Waals surface area contributed by atoms with Gasteiger partial charge < -0.3 is 15.7 Å². The van der Waals surface area contributed by atoms with Crippen molar-refractivity contribution in [3.05, 3.63) is 29.8 Å². The Balaban J connectivity index is 2.02. The zero-order valence-electron chi connectivity index (χ0n) is 10.8. The van der Waals surface area contributed by atoms with Gasteiger partial charge in [0.2, 0.25) is 11.8 Å². The molecule has 1 aromatic carbocycles. The number of nitrogens with one attached hydrogen (secondary N) is 2. The molecule has 5 heteroatoms. The van der Waals surface area contributed by atoms with Crippen LogP contribution in [0.5, 0.6) is 5.75 Å². The molecular formula is C14H18N2O3. The summed E-state index contributed by atoms with van der Waals surface area (Å²) in [5.74, 6) is 0.00341. The van der Waals surface area contributed by atoms with E-state index in [1.54, 1.807) is 31.3 Å². The van der Waals surface area contributed by atoms with Crippen molar-refractivity contribution in [2.75, 3.05) is 7.05 Å². The summed E-state index contributed by atoms with van der Waals surface area (Å²) in [7, 11) is 1.55. The molecule has 19 heavy (non-hydrogen) atoms. The molecule has 0 radical (unpaired) electrons. The van der Waals surface area contributed by atoms with Crippen LogP contribution in [0.25, 0.3) is 0 Å². The lowest BCUT2D eigenvalue weighted by Gasteiger charge is -2.17. The molecule has 2 rings (SSSR count). The number of benzene rings is 1. The largest absolute Gasteiger partial charge is 0.508 e. The van der Waals surface area contributed by atoms with E-state index in [9.17, 15) is 14.7 Å². The summed E-state index contributed by atoms with van der Waals surface area (Å²) in [6, 6.07) is 6.06. The Kier molecular flexibility index (Phi) is 4.04. The average Bonchev–Trinajstić information content (AvgIpc) is 3.24. The van der Waals surface area contributed by atoms with Gasteiger partial charge in [-0.2, -0.15) is 0 Å². The highest BCUT2D eigenvalue weighted by Crippen LogP contribution is 2.29. The first-order valence-corrected chi connectivity index (χ1v) is 6.40. The first kappa shape index (κ1) is 13.4. The third-order valence-corrected chi connectivity index (χ3v) is 3.20. The van der Waals surface area contributed by atoms with Crippen molar-refractivity contribution in [2.45, 2.75) is 25.3 Å². The molecule has 1 atom stereocenters. The van der Waals surface area contributed by atoms with Gasteiger partial charge in [-0.05, 0) is 30.5 Å². The predicted octanol–water partition coefficient (Wildman–Crippen LogP) is 0.575. The Labute approximate surface area is 112 Å². The van der Waals surface area contributed by atoms with Gasteiger partial charge in [0.1, 0.15) is 11.8 Å². The van der Waals surface area contributed by atoms with E-state index in [0.717, 1.165) is 18.4 Å². The summed E-state index contributed by atoms with van der Waals surface area (Å²) in [6.45, 7) is 0. The quantitative estimate of drug-likeness (QED) is 0.726. The number of amides is 2. The first-order valence-electron chi connectivity index (χ1n) is 6.40. The smallest absolute Gasteiger partial charge is 0.242 e. The van der Waals surface area contributed by atoms with E-state index in [1.165, 1.54) is 0 Å². The maximum Gasteiger partial charge on any atom is 0.242 e.